The van der Waals surface area contributed by atoms with Crippen LogP contribution in [0.4, 0.5) is 0 Å². The number of ether oxygens (including phenoxy) is 3. The average molecular weight is 655 g/mol. The van der Waals surface area contributed by atoms with Crippen molar-refractivity contribution in [3.8, 4) is 17.2 Å². The van der Waals surface area contributed by atoms with Gasteiger partial charge in [-0.1, -0.05) is 30.3 Å². The van der Waals surface area contributed by atoms with E-state index in [0.717, 1.165) is 5.56 Å². The van der Waals surface area contributed by atoms with Crippen molar-refractivity contribution in [2.45, 2.75) is 30.6 Å². The molecular weight excluding hydrogens is 620 g/mol. The van der Waals surface area contributed by atoms with Gasteiger partial charge in [-0.3, -0.25) is 14.4 Å². The fraction of sp³-hybridized carbons (Fsp3) is 0.278. The maximum Gasteiger partial charge on any atom is 0.349 e. The lowest BCUT2D eigenvalue weighted by Crippen LogP contribution is -2.56. The number of nitrogens with one attached hydrogen (secondary N) is 1. The third-order valence-electron chi connectivity index (χ3n) is 8.68. The highest BCUT2D eigenvalue weighted by molar-refractivity contribution is 5.99. The van der Waals surface area contributed by atoms with Crippen molar-refractivity contribution in [1.29, 1.82) is 0 Å². The Morgan fingerprint density at radius 3 is 2.60 bits per heavy atom. The van der Waals surface area contributed by atoms with E-state index in [4.69, 9.17) is 18.6 Å². The smallest absolute Gasteiger partial charge is 0.349 e. The molecule has 0 saturated carbocycles. The van der Waals surface area contributed by atoms with Crippen LogP contribution < -0.4 is 25.2 Å². The maximum absolute atomic E-state index is 14.4. The summed E-state index contributed by atoms with van der Waals surface area (Å²) in [6.07, 6.45) is -0.0507. The van der Waals surface area contributed by atoms with E-state index in [1.165, 1.54) is 30.2 Å². The summed E-state index contributed by atoms with van der Waals surface area (Å²) in [5.74, 6) is -1.02. The molecule has 0 fully saturated rings. The Kier molecular flexibility index (Phi) is 9.28. The summed E-state index contributed by atoms with van der Waals surface area (Å²) in [7, 11) is 2.96. The molecule has 12 nitrogen and oxygen atoms in total. The molecule has 4 aromatic rings. The predicted molar refractivity (Wildman–Crippen MR) is 174 cm³/mol. The Labute approximate surface area is 275 Å². The second kappa shape index (κ2) is 13.7. The molecule has 0 spiro atoms. The summed E-state index contributed by atoms with van der Waals surface area (Å²) in [5.41, 5.74) is 0.910. The van der Waals surface area contributed by atoms with Crippen LogP contribution >= 0.6 is 0 Å². The van der Waals surface area contributed by atoms with Crippen LogP contribution in [0.3, 0.4) is 0 Å². The van der Waals surface area contributed by atoms with Crippen LogP contribution in [0.15, 0.2) is 87.6 Å². The molecule has 2 heterocycles. The van der Waals surface area contributed by atoms with E-state index >= 15 is 0 Å². The number of para-hydroxylation sites is 1. The summed E-state index contributed by atoms with van der Waals surface area (Å²) in [6.45, 7) is -0.355. The van der Waals surface area contributed by atoms with Crippen molar-refractivity contribution in [1.82, 2.24) is 10.2 Å². The normalized spacial score (nSPS) is 19.4. The van der Waals surface area contributed by atoms with Crippen LogP contribution in [-0.2, 0) is 11.2 Å². The first kappa shape index (κ1) is 32.5. The first-order valence-corrected chi connectivity index (χ1v) is 15.4. The molecule has 6 rings (SSSR count). The molecule has 12 heteroatoms. The second-order valence-corrected chi connectivity index (χ2v) is 11.5. The predicted octanol–water partition coefficient (Wildman–Crippen LogP) is 2.63. The maximum atomic E-state index is 14.4. The third kappa shape index (κ3) is 6.03. The number of benzene rings is 3. The number of hydrogen-bond donors (Lipinski definition) is 3. The molecule has 248 valence electrons. The minimum atomic E-state index is -1.40. The fourth-order valence-electron chi connectivity index (χ4n) is 6.39. The van der Waals surface area contributed by atoms with Crippen LogP contribution in [0.2, 0.25) is 0 Å². The second-order valence-electron chi connectivity index (χ2n) is 11.5. The molecule has 48 heavy (non-hydrogen) atoms. The number of methoxy groups -OCH3 is 2. The zero-order chi connectivity index (χ0) is 33.9. The van der Waals surface area contributed by atoms with E-state index < -0.39 is 41.6 Å². The molecule has 4 atom stereocenters. The molecule has 0 bridgehead atoms. The first-order valence-electron chi connectivity index (χ1n) is 15.4. The number of aliphatic hydroxyl groups is 2. The van der Waals surface area contributed by atoms with Gasteiger partial charge >= 0.3 is 5.63 Å². The van der Waals surface area contributed by atoms with Crippen molar-refractivity contribution in [2.75, 3.05) is 33.9 Å². The Morgan fingerprint density at radius 2 is 1.85 bits per heavy atom. The monoisotopic (exact) mass is 654 g/mol. The quantitative estimate of drug-likeness (QED) is 0.162. The van der Waals surface area contributed by atoms with Crippen LogP contribution in [0, 0.1) is 0 Å². The molecule has 2 amide bonds. The number of carbonyl (C=O) groups is 3. The summed E-state index contributed by atoms with van der Waals surface area (Å²) in [5, 5.41) is 24.6. The average Bonchev–Trinajstić information content (AvgIpc) is 3.50. The molecule has 0 unspecified atom stereocenters. The van der Waals surface area contributed by atoms with Gasteiger partial charge < -0.3 is 39.1 Å². The Balaban J connectivity index is 1.47. The zero-order valence-electron chi connectivity index (χ0n) is 26.3. The van der Waals surface area contributed by atoms with E-state index in [-0.39, 0.29) is 47.9 Å². The van der Waals surface area contributed by atoms with Gasteiger partial charge in [-0.15, -0.1) is 0 Å². The number of hydrogen-bond acceptors (Lipinski definition) is 10. The van der Waals surface area contributed by atoms with E-state index in [9.17, 15) is 29.4 Å². The lowest BCUT2D eigenvalue weighted by Gasteiger charge is -2.40. The van der Waals surface area contributed by atoms with Crippen molar-refractivity contribution >= 4 is 29.1 Å². The Bertz CT molecular complexity index is 1970. The van der Waals surface area contributed by atoms with E-state index in [1.807, 2.05) is 18.2 Å². The van der Waals surface area contributed by atoms with E-state index in [2.05, 4.69) is 5.32 Å². The topological polar surface area (TPSA) is 165 Å². The molecule has 3 aromatic carbocycles. The van der Waals surface area contributed by atoms with Gasteiger partial charge in [-0.05, 0) is 54.5 Å². The fourth-order valence-corrected chi connectivity index (χ4v) is 6.39. The van der Waals surface area contributed by atoms with Gasteiger partial charge in [0.05, 0.1) is 32.8 Å². The van der Waals surface area contributed by atoms with Crippen LogP contribution in [0.5, 0.6) is 17.2 Å². The van der Waals surface area contributed by atoms with Gasteiger partial charge in [0.25, 0.3) is 5.91 Å². The Hall–Kier alpha value is -5.46. The summed E-state index contributed by atoms with van der Waals surface area (Å²) >= 11 is 0. The number of amides is 2. The highest BCUT2D eigenvalue weighted by Gasteiger charge is 2.51. The van der Waals surface area contributed by atoms with Crippen molar-refractivity contribution in [2.24, 2.45) is 0 Å². The molecule has 1 aliphatic carbocycles. The van der Waals surface area contributed by atoms with Crippen molar-refractivity contribution < 1.29 is 43.2 Å². The van der Waals surface area contributed by atoms with Crippen molar-refractivity contribution in [3.63, 3.8) is 0 Å². The van der Waals surface area contributed by atoms with Gasteiger partial charge in [-0.2, -0.15) is 0 Å². The minimum absolute atomic E-state index is 0.0188. The summed E-state index contributed by atoms with van der Waals surface area (Å²) < 4.78 is 22.6. The number of carbonyl (C=O) groups excluding carboxylic acids is 3. The van der Waals surface area contributed by atoms with E-state index in [1.54, 1.807) is 43.5 Å². The zero-order valence-corrected chi connectivity index (χ0v) is 26.3. The standard InChI is InChI=1S/C36H34N2O10/c1-45-23-8-5-6-20(14-23)10-12-38(35(43)26-17-22-7-3-4-9-28(22)47-36(26)44)27-18-25(34(42)37-11-13-39)30-24-15-21(19-40)16-29(46-2)32(24)48-33(30)31(27)41/h3-9,14-19,27,30-31,33,39,41H,10-13H2,1-2H3,(H,37,42)/t27-,30+,31+,33+/m1/s1. The highest BCUT2D eigenvalue weighted by Crippen LogP contribution is 2.51. The molecule has 0 saturated heterocycles. The van der Waals surface area contributed by atoms with Crippen LogP contribution in [0.25, 0.3) is 11.0 Å². The van der Waals surface area contributed by atoms with Gasteiger partial charge in [0.2, 0.25) is 5.91 Å². The number of rotatable bonds is 11. The molecule has 2 aliphatic rings. The largest absolute Gasteiger partial charge is 0.497 e. The van der Waals surface area contributed by atoms with Crippen LogP contribution in [-0.4, -0.2) is 85.4 Å². The SMILES string of the molecule is COc1cccc(CCN(C(=O)c2cc3ccccc3oc2=O)[C@@H]2C=C(C(=O)NCCO)[C@@H]3c4cc(C=O)cc(OC)c4O[C@@H]3[C@H]2O)c1. The Morgan fingerprint density at radius 1 is 1.04 bits per heavy atom. The number of aliphatic hydroxyl groups excluding tert-OH is 2. The molecular formula is C36H34N2O10. The lowest BCUT2D eigenvalue weighted by molar-refractivity contribution is -0.118. The molecule has 1 aliphatic heterocycles. The van der Waals surface area contributed by atoms with Gasteiger partial charge in [0.15, 0.2) is 11.5 Å². The van der Waals surface area contributed by atoms with E-state index in [0.29, 0.717) is 35.0 Å². The van der Waals surface area contributed by atoms with Gasteiger partial charge in [0.1, 0.15) is 35.4 Å². The molecule has 0 radical (unpaired) electrons. The third-order valence-corrected chi connectivity index (χ3v) is 8.68. The summed E-state index contributed by atoms with van der Waals surface area (Å²) in [4.78, 5) is 54.4. The number of aldehydes is 1. The van der Waals surface area contributed by atoms with Crippen LogP contribution in [0.1, 0.15) is 37.8 Å². The first-order chi connectivity index (χ1) is 23.3. The molecule has 1 aromatic heterocycles. The van der Waals surface area contributed by atoms with Gasteiger partial charge in [0, 0.05) is 35.2 Å². The summed E-state index contributed by atoms with van der Waals surface area (Å²) in [6, 6.07) is 17.4. The highest BCUT2D eigenvalue weighted by atomic mass is 16.5. The van der Waals surface area contributed by atoms with Gasteiger partial charge in [-0.25, -0.2) is 4.79 Å². The minimum Gasteiger partial charge on any atom is -0.497 e. The number of fused-ring (bicyclic) bond motifs is 4. The number of nitrogens with zero attached hydrogens (tertiary/aromatic N) is 1. The molecule has 3 N–H and O–H groups in total. The lowest BCUT2D eigenvalue weighted by atomic mass is 9.77. The van der Waals surface area contributed by atoms with Crippen molar-refractivity contribution in [3.05, 3.63) is 111 Å².